The molecular formula is C13H19ClF2N2O. The summed E-state index contributed by atoms with van der Waals surface area (Å²) in [5.41, 5.74) is 6.00. The Morgan fingerprint density at radius 3 is 2.42 bits per heavy atom. The van der Waals surface area contributed by atoms with E-state index in [1.807, 2.05) is 13.8 Å². The number of amides is 1. The number of hydrogen-bond acceptors (Lipinski definition) is 2. The lowest BCUT2D eigenvalue weighted by Crippen LogP contribution is -2.44. The maximum atomic E-state index is 13.4. The van der Waals surface area contributed by atoms with Crippen LogP contribution in [-0.4, -0.2) is 23.9 Å². The summed E-state index contributed by atoms with van der Waals surface area (Å²) in [7, 11) is 1.55. The molecule has 1 amide bonds. The zero-order chi connectivity index (χ0) is 13.9. The van der Waals surface area contributed by atoms with Crippen LogP contribution in [0.2, 0.25) is 0 Å². The molecule has 0 aliphatic rings. The van der Waals surface area contributed by atoms with Gasteiger partial charge in [-0.25, -0.2) is 8.78 Å². The van der Waals surface area contributed by atoms with Crippen LogP contribution in [0.5, 0.6) is 0 Å². The molecule has 1 atom stereocenters. The summed E-state index contributed by atoms with van der Waals surface area (Å²) in [5, 5.41) is 0. The Balaban J connectivity index is 0.00000324. The molecule has 0 fully saturated rings. The average molecular weight is 293 g/mol. The van der Waals surface area contributed by atoms with E-state index in [1.165, 1.54) is 17.0 Å². The van der Waals surface area contributed by atoms with Gasteiger partial charge in [-0.2, -0.15) is 0 Å². The molecule has 0 spiro atoms. The summed E-state index contributed by atoms with van der Waals surface area (Å²) < 4.78 is 26.2. The second-order valence-electron chi connectivity index (χ2n) is 4.70. The molecule has 1 aromatic rings. The highest BCUT2D eigenvalue weighted by Gasteiger charge is 2.21. The Labute approximate surface area is 118 Å². The first-order chi connectivity index (χ1) is 8.32. The van der Waals surface area contributed by atoms with Crippen molar-refractivity contribution in [2.45, 2.75) is 26.4 Å². The van der Waals surface area contributed by atoms with Crippen molar-refractivity contribution in [3.8, 4) is 0 Å². The maximum absolute atomic E-state index is 13.4. The Morgan fingerprint density at radius 2 is 1.95 bits per heavy atom. The second-order valence-corrected chi connectivity index (χ2v) is 4.70. The number of benzene rings is 1. The van der Waals surface area contributed by atoms with E-state index in [0.29, 0.717) is 0 Å². The molecule has 1 aromatic carbocycles. The van der Waals surface area contributed by atoms with Crippen molar-refractivity contribution < 1.29 is 13.6 Å². The Bertz CT molecular complexity index is 441. The van der Waals surface area contributed by atoms with Crippen molar-refractivity contribution in [2.75, 3.05) is 7.05 Å². The lowest BCUT2D eigenvalue weighted by Gasteiger charge is -2.23. The standard InChI is InChI=1S/C13H18F2N2O.ClH/c1-8(2)12(16)13(18)17(3)7-9-4-5-10(14)6-11(9)15;/h4-6,8,12H,7,16H2,1-3H3;1H/t12-;/m0./s1. The Kier molecular flexibility index (Phi) is 6.94. The van der Waals surface area contributed by atoms with Crippen LogP contribution in [0.15, 0.2) is 18.2 Å². The second kappa shape index (κ2) is 7.40. The van der Waals surface area contributed by atoms with Crippen molar-refractivity contribution in [1.29, 1.82) is 0 Å². The van der Waals surface area contributed by atoms with Gasteiger partial charge in [0.1, 0.15) is 11.6 Å². The molecule has 0 saturated carbocycles. The van der Waals surface area contributed by atoms with E-state index >= 15 is 0 Å². The third kappa shape index (κ3) is 4.76. The van der Waals surface area contributed by atoms with Crippen molar-refractivity contribution in [3.05, 3.63) is 35.4 Å². The molecule has 0 heterocycles. The fraction of sp³-hybridized carbons (Fsp3) is 0.462. The summed E-state index contributed by atoms with van der Waals surface area (Å²) in [4.78, 5) is 13.2. The van der Waals surface area contributed by atoms with Crippen LogP contribution in [-0.2, 0) is 11.3 Å². The molecule has 0 unspecified atom stereocenters. The fourth-order valence-corrected chi connectivity index (χ4v) is 1.52. The maximum Gasteiger partial charge on any atom is 0.239 e. The van der Waals surface area contributed by atoms with Gasteiger partial charge in [-0.3, -0.25) is 4.79 Å². The van der Waals surface area contributed by atoms with Gasteiger partial charge in [0.25, 0.3) is 0 Å². The topological polar surface area (TPSA) is 46.3 Å². The van der Waals surface area contributed by atoms with E-state index in [1.54, 1.807) is 7.05 Å². The minimum absolute atomic E-state index is 0. The first-order valence-corrected chi connectivity index (χ1v) is 5.77. The van der Waals surface area contributed by atoms with E-state index in [-0.39, 0.29) is 36.3 Å². The predicted octanol–water partition coefficient (Wildman–Crippen LogP) is 2.33. The van der Waals surface area contributed by atoms with Crippen LogP contribution in [0, 0.1) is 17.6 Å². The lowest BCUT2D eigenvalue weighted by atomic mass is 10.0. The SMILES string of the molecule is CC(C)[C@H](N)C(=O)N(C)Cc1ccc(F)cc1F.Cl. The summed E-state index contributed by atoms with van der Waals surface area (Å²) >= 11 is 0. The third-order valence-corrected chi connectivity index (χ3v) is 2.80. The van der Waals surface area contributed by atoms with Crippen LogP contribution in [0.25, 0.3) is 0 Å². The van der Waals surface area contributed by atoms with Crippen LogP contribution in [0.4, 0.5) is 8.78 Å². The molecule has 19 heavy (non-hydrogen) atoms. The Hall–Kier alpha value is -1.20. The highest BCUT2D eigenvalue weighted by Crippen LogP contribution is 2.12. The predicted molar refractivity (Wildman–Crippen MR) is 72.9 cm³/mol. The highest BCUT2D eigenvalue weighted by atomic mass is 35.5. The van der Waals surface area contributed by atoms with Gasteiger partial charge in [0.15, 0.2) is 0 Å². The van der Waals surface area contributed by atoms with Crippen LogP contribution in [0.3, 0.4) is 0 Å². The summed E-state index contributed by atoms with van der Waals surface area (Å²) in [6, 6.07) is 2.68. The summed E-state index contributed by atoms with van der Waals surface area (Å²) in [6.07, 6.45) is 0. The van der Waals surface area contributed by atoms with Gasteiger partial charge in [-0.1, -0.05) is 19.9 Å². The van der Waals surface area contributed by atoms with Crippen molar-refractivity contribution in [3.63, 3.8) is 0 Å². The first kappa shape index (κ1) is 17.8. The number of hydrogen-bond donors (Lipinski definition) is 1. The molecule has 0 bridgehead atoms. The molecular weight excluding hydrogens is 274 g/mol. The van der Waals surface area contributed by atoms with Gasteiger partial charge in [0, 0.05) is 25.2 Å². The first-order valence-electron chi connectivity index (χ1n) is 5.77. The lowest BCUT2D eigenvalue weighted by molar-refractivity contribution is -0.132. The fourth-order valence-electron chi connectivity index (χ4n) is 1.52. The number of rotatable bonds is 4. The Morgan fingerprint density at radius 1 is 1.37 bits per heavy atom. The molecule has 3 nitrogen and oxygen atoms in total. The summed E-state index contributed by atoms with van der Waals surface area (Å²) in [5.74, 6) is -1.54. The van der Waals surface area contributed by atoms with Crippen molar-refractivity contribution in [1.82, 2.24) is 4.90 Å². The largest absolute Gasteiger partial charge is 0.340 e. The van der Waals surface area contributed by atoms with Gasteiger partial charge < -0.3 is 10.6 Å². The smallest absolute Gasteiger partial charge is 0.239 e. The number of carbonyl (C=O) groups excluding carboxylic acids is 1. The van der Waals surface area contributed by atoms with Gasteiger partial charge in [-0.15, -0.1) is 12.4 Å². The highest BCUT2D eigenvalue weighted by molar-refractivity contribution is 5.85. The molecule has 0 radical (unpaired) electrons. The van der Waals surface area contributed by atoms with Crippen molar-refractivity contribution >= 4 is 18.3 Å². The number of halogens is 3. The molecule has 6 heteroatoms. The number of nitrogens with two attached hydrogens (primary N) is 1. The molecule has 0 aliphatic heterocycles. The van der Waals surface area contributed by atoms with E-state index < -0.39 is 17.7 Å². The van der Waals surface area contributed by atoms with Gasteiger partial charge in [0.05, 0.1) is 6.04 Å². The minimum atomic E-state index is -0.659. The van der Waals surface area contributed by atoms with E-state index in [0.717, 1.165) is 6.07 Å². The van der Waals surface area contributed by atoms with Gasteiger partial charge in [-0.05, 0) is 12.0 Å². The van der Waals surface area contributed by atoms with Crippen LogP contribution < -0.4 is 5.73 Å². The normalized spacial score (nSPS) is 11.9. The average Bonchev–Trinajstić information content (AvgIpc) is 2.30. The third-order valence-electron chi connectivity index (χ3n) is 2.80. The zero-order valence-corrected chi connectivity index (χ0v) is 12.0. The monoisotopic (exact) mass is 292 g/mol. The molecule has 0 aromatic heterocycles. The molecule has 1 rings (SSSR count). The minimum Gasteiger partial charge on any atom is -0.340 e. The quantitative estimate of drug-likeness (QED) is 0.926. The number of carbonyl (C=O) groups is 1. The van der Waals surface area contributed by atoms with Gasteiger partial charge >= 0.3 is 0 Å². The van der Waals surface area contributed by atoms with E-state index in [9.17, 15) is 13.6 Å². The van der Waals surface area contributed by atoms with Crippen LogP contribution >= 0.6 is 12.4 Å². The molecule has 108 valence electrons. The zero-order valence-electron chi connectivity index (χ0n) is 11.2. The molecule has 0 aliphatic carbocycles. The van der Waals surface area contributed by atoms with Crippen molar-refractivity contribution in [2.24, 2.45) is 11.7 Å². The molecule has 2 N–H and O–H groups in total. The number of likely N-dealkylation sites (N-methyl/N-ethyl adjacent to an activating group) is 1. The van der Waals surface area contributed by atoms with E-state index in [2.05, 4.69) is 0 Å². The van der Waals surface area contributed by atoms with Crippen LogP contribution in [0.1, 0.15) is 19.4 Å². The molecule has 0 saturated heterocycles. The summed E-state index contributed by atoms with van der Waals surface area (Å²) in [6.45, 7) is 3.76. The van der Waals surface area contributed by atoms with E-state index in [4.69, 9.17) is 5.73 Å². The van der Waals surface area contributed by atoms with Gasteiger partial charge in [0.2, 0.25) is 5.91 Å². The number of nitrogens with zero attached hydrogens (tertiary/aromatic N) is 1.